The number of carbonyl (C=O) groups excluding carboxylic acids is 2. The highest BCUT2D eigenvalue weighted by Gasteiger charge is 2.54. The molecule has 3 aromatic rings. The van der Waals surface area contributed by atoms with E-state index in [1.165, 1.54) is 23.8 Å². The standard InChI is InChI=1S/C20H19N7O5S3/c1-9-5-33-12-4-25(8-26(9)12)3-10-6-34-18-14(17(29)27(18)15(10)19(30)31)23-16(28)13(24-32-2)11-7-35-20(21)22-11/h4-5,7-8,14,18H,3,6H2,1-2H3,(H3-,21,22,23,28,30,31)/p+1/b24-13-/t14-,18-/m1/s1. The summed E-state index contributed by atoms with van der Waals surface area (Å²) < 4.78 is 3.94. The molecule has 0 aromatic carbocycles. The van der Waals surface area contributed by atoms with Gasteiger partial charge in [-0.25, -0.2) is 14.3 Å². The fraction of sp³-hybridized carbons (Fsp3) is 0.300. The lowest BCUT2D eigenvalue weighted by atomic mass is 10.0. The molecule has 2 aliphatic heterocycles. The number of carboxylic acids is 1. The number of nitrogens with zero attached hydrogens (tertiary/aromatic N) is 5. The minimum atomic E-state index is -1.18. The Bertz CT molecular complexity index is 1420. The number of aryl methyl sites for hydroxylation is 1. The third-order valence-electron chi connectivity index (χ3n) is 5.58. The summed E-state index contributed by atoms with van der Waals surface area (Å²) in [6, 6.07) is -0.906. The number of anilines is 1. The summed E-state index contributed by atoms with van der Waals surface area (Å²) in [4.78, 5) is 49.1. The van der Waals surface area contributed by atoms with E-state index in [1.807, 2.05) is 33.8 Å². The molecule has 12 nitrogen and oxygen atoms in total. The van der Waals surface area contributed by atoms with Crippen LogP contribution in [0.1, 0.15) is 11.4 Å². The second kappa shape index (κ2) is 8.98. The first-order chi connectivity index (χ1) is 16.8. The van der Waals surface area contributed by atoms with Crippen molar-refractivity contribution in [3.05, 3.63) is 45.9 Å². The first kappa shape index (κ1) is 23.3. The van der Waals surface area contributed by atoms with E-state index in [0.717, 1.165) is 21.9 Å². The lowest BCUT2D eigenvalue weighted by molar-refractivity contribution is -0.687. The molecule has 1 saturated heterocycles. The first-order valence-electron chi connectivity index (χ1n) is 10.3. The predicted octanol–water partition coefficient (Wildman–Crippen LogP) is 0.425. The van der Waals surface area contributed by atoms with Gasteiger partial charge >= 0.3 is 5.97 Å². The van der Waals surface area contributed by atoms with Crippen LogP contribution < -0.4 is 15.6 Å². The molecular weight excluding hydrogens is 514 g/mol. The summed E-state index contributed by atoms with van der Waals surface area (Å²) in [5.41, 5.74) is 7.42. The van der Waals surface area contributed by atoms with E-state index in [2.05, 4.69) is 15.5 Å². The summed E-state index contributed by atoms with van der Waals surface area (Å²) in [5.74, 6) is -1.94. The van der Waals surface area contributed by atoms with E-state index in [1.54, 1.807) is 16.7 Å². The molecule has 4 N–H and O–H groups in total. The molecule has 5 rings (SSSR count). The Morgan fingerprint density at radius 3 is 2.86 bits per heavy atom. The largest absolute Gasteiger partial charge is 0.477 e. The zero-order valence-corrected chi connectivity index (χ0v) is 20.9. The number of carboxylic acid groups (broad SMARTS) is 1. The van der Waals surface area contributed by atoms with Gasteiger partial charge in [0, 0.05) is 22.1 Å². The maximum absolute atomic E-state index is 13.0. The number of imidazole rings is 1. The molecule has 2 aliphatic rings. The number of nitrogens with two attached hydrogens (primary N) is 1. The number of amides is 2. The van der Waals surface area contributed by atoms with Crippen molar-refractivity contribution in [3.8, 4) is 0 Å². The van der Waals surface area contributed by atoms with Gasteiger partial charge < -0.3 is 21.0 Å². The van der Waals surface area contributed by atoms with Crippen LogP contribution >= 0.6 is 34.4 Å². The molecule has 0 spiro atoms. The van der Waals surface area contributed by atoms with E-state index in [0.29, 0.717) is 17.9 Å². The van der Waals surface area contributed by atoms with Crippen LogP contribution in [0.5, 0.6) is 0 Å². The van der Waals surface area contributed by atoms with Crippen LogP contribution in [0.25, 0.3) is 4.83 Å². The molecule has 1 fully saturated rings. The van der Waals surface area contributed by atoms with Gasteiger partial charge in [-0.1, -0.05) is 16.5 Å². The van der Waals surface area contributed by atoms with Crippen LogP contribution in [-0.2, 0) is 25.8 Å². The van der Waals surface area contributed by atoms with Crippen LogP contribution in [0.4, 0.5) is 5.13 Å². The maximum atomic E-state index is 13.0. The van der Waals surface area contributed by atoms with Crippen molar-refractivity contribution in [1.82, 2.24) is 19.6 Å². The van der Waals surface area contributed by atoms with E-state index >= 15 is 0 Å². The summed E-state index contributed by atoms with van der Waals surface area (Å²) in [5, 5.41) is 19.6. The van der Waals surface area contributed by atoms with Gasteiger partial charge in [0.15, 0.2) is 10.8 Å². The number of aliphatic carboxylic acids is 1. The molecule has 182 valence electrons. The van der Waals surface area contributed by atoms with Crippen molar-refractivity contribution in [2.75, 3.05) is 18.6 Å². The Kier molecular flexibility index (Phi) is 5.98. The number of oxime groups is 1. The zero-order chi connectivity index (χ0) is 24.9. The quantitative estimate of drug-likeness (QED) is 0.171. The predicted molar refractivity (Wildman–Crippen MR) is 130 cm³/mol. The molecule has 3 aromatic heterocycles. The number of carbonyl (C=O) groups is 3. The Hall–Kier alpha value is -3.43. The number of thiazole rings is 2. The number of hydrogen-bond donors (Lipinski definition) is 3. The molecule has 2 atom stereocenters. The smallest absolute Gasteiger partial charge is 0.352 e. The molecule has 0 saturated carbocycles. The van der Waals surface area contributed by atoms with Gasteiger partial charge in [0.25, 0.3) is 11.8 Å². The van der Waals surface area contributed by atoms with Crippen molar-refractivity contribution < 1.29 is 28.9 Å². The summed E-state index contributed by atoms with van der Waals surface area (Å²) >= 11 is 4.13. The van der Waals surface area contributed by atoms with Crippen molar-refractivity contribution in [1.29, 1.82) is 0 Å². The Balaban J connectivity index is 1.36. The number of fused-ring (bicyclic) bond motifs is 2. The van der Waals surface area contributed by atoms with Crippen LogP contribution in [0.15, 0.2) is 39.7 Å². The van der Waals surface area contributed by atoms with Crippen LogP contribution in [0.3, 0.4) is 0 Å². The summed E-state index contributed by atoms with van der Waals surface area (Å²) in [7, 11) is 1.29. The van der Waals surface area contributed by atoms with Crippen molar-refractivity contribution in [3.63, 3.8) is 0 Å². The van der Waals surface area contributed by atoms with E-state index in [4.69, 9.17) is 10.6 Å². The Morgan fingerprint density at radius 1 is 1.40 bits per heavy atom. The second-order valence-electron chi connectivity index (χ2n) is 7.81. The summed E-state index contributed by atoms with van der Waals surface area (Å²) in [6.07, 6.45) is 3.86. The van der Waals surface area contributed by atoms with Gasteiger partial charge in [-0.2, -0.15) is 4.40 Å². The van der Waals surface area contributed by atoms with E-state index in [9.17, 15) is 19.5 Å². The average molecular weight is 535 g/mol. The third-order valence-corrected chi connectivity index (χ3v) is 8.60. The lowest BCUT2D eigenvalue weighted by Crippen LogP contribution is -2.71. The SMILES string of the molecule is CO/N=C(\C(=O)N[C@@H]1C(=O)N2C(C(=O)O)=C(C[n+]3cc4scc(C)n4c3)CS[C@H]12)c1csc(N)n1. The number of aromatic nitrogens is 3. The fourth-order valence-electron chi connectivity index (χ4n) is 4.01. The molecule has 5 heterocycles. The van der Waals surface area contributed by atoms with Crippen molar-refractivity contribution in [2.45, 2.75) is 24.9 Å². The van der Waals surface area contributed by atoms with Gasteiger partial charge in [0.2, 0.25) is 11.2 Å². The highest BCUT2D eigenvalue weighted by atomic mass is 32.2. The highest BCUT2D eigenvalue weighted by molar-refractivity contribution is 8.00. The van der Waals surface area contributed by atoms with E-state index < -0.39 is 29.2 Å². The monoisotopic (exact) mass is 534 g/mol. The molecule has 0 unspecified atom stereocenters. The number of nitrogen functional groups attached to an aromatic ring is 1. The second-order valence-corrected chi connectivity index (χ2v) is 10.7. The third kappa shape index (κ3) is 4.04. The Labute approximate surface area is 210 Å². The minimum absolute atomic E-state index is 0.0407. The molecule has 2 amide bonds. The molecule has 0 aliphatic carbocycles. The molecule has 0 bridgehead atoms. The number of β-lactam (4-membered cyclic amide) rings is 1. The van der Waals surface area contributed by atoms with Crippen LogP contribution in [0, 0.1) is 6.92 Å². The van der Waals surface area contributed by atoms with Crippen LogP contribution in [-0.4, -0.2) is 67.2 Å². The number of nitrogens with one attached hydrogen (secondary N) is 1. The molecule has 15 heteroatoms. The molecule has 35 heavy (non-hydrogen) atoms. The zero-order valence-electron chi connectivity index (χ0n) is 18.5. The Morgan fingerprint density at radius 2 is 2.20 bits per heavy atom. The fourth-order valence-corrected chi connectivity index (χ4v) is 6.80. The van der Waals surface area contributed by atoms with Crippen LogP contribution in [0.2, 0.25) is 0 Å². The van der Waals surface area contributed by atoms with Gasteiger partial charge in [-0.05, 0) is 6.92 Å². The topological polar surface area (TPSA) is 156 Å². The first-order valence-corrected chi connectivity index (χ1v) is 13.1. The number of hydrogen-bond acceptors (Lipinski definition) is 10. The van der Waals surface area contributed by atoms with Gasteiger partial charge in [-0.15, -0.1) is 23.1 Å². The normalized spacial score (nSPS) is 20.1. The summed E-state index contributed by atoms with van der Waals surface area (Å²) in [6.45, 7) is 2.34. The highest BCUT2D eigenvalue weighted by Crippen LogP contribution is 2.40. The number of thioether (sulfide) groups is 1. The van der Waals surface area contributed by atoms with Gasteiger partial charge in [0.05, 0.1) is 0 Å². The minimum Gasteiger partial charge on any atom is -0.477 e. The lowest BCUT2D eigenvalue weighted by Gasteiger charge is -2.49. The van der Waals surface area contributed by atoms with Gasteiger partial charge in [-0.3, -0.25) is 14.5 Å². The van der Waals surface area contributed by atoms with E-state index in [-0.39, 0.29) is 22.2 Å². The van der Waals surface area contributed by atoms with Crippen molar-refractivity contribution >= 4 is 67.9 Å². The average Bonchev–Trinajstić information content (AvgIpc) is 3.52. The van der Waals surface area contributed by atoms with Gasteiger partial charge in [0.1, 0.15) is 48.4 Å². The molecular formula is C20H20N7O5S3+. The number of rotatable bonds is 7. The van der Waals surface area contributed by atoms with Crippen molar-refractivity contribution in [2.24, 2.45) is 5.16 Å². The maximum Gasteiger partial charge on any atom is 0.352 e. The molecule has 0 radical (unpaired) electrons.